The normalized spacial score (nSPS) is 10.5. The number of methoxy groups -OCH3 is 6. The van der Waals surface area contributed by atoms with Crippen molar-refractivity contribution < 1.29 is 43.1 Å². The maximum absolute atomic E-state index is 11.5. The number of ether oxygens (including phenoxy) is 6. The molecule has 0 unspecified atom stereocenters. The van der Waals surface area contributed by atoms with Gasteiger partial charge in [0.15, 0.2) is 40.4 Å². The summed E-state index contributed by atoms with van der Waals surface area (Å²) in [5.41, 5.74) is 5.28. The van der Waals surface area contributed by atoms with Gasteiger partial charge in [-0.05, 0) is 30.2 Å². The van der Waals surface area contributed by atoms with Gasteiger partial charge in [-0.15, -0.1) is 0 Å². The number of rotatable bonds is 18. The molecule has 0 saturated carbocycles. The molecular formula is C45H44N14O9. The molecule has 0 amide bonds. The first-order valence-electron chi connectivity index (χ1n) is 20.1. The number of ketones is 1. The van der Waals surface area contributed by atoms with Gasteiger partial charge in [0.25, 0.3) is 0 Å². The predicted octanol–water partition coefficient (Wildman–Crippen LogP) is 7.45. The number of hydrogen-bond donors (Lipinski definition) is 7. The van der Waals surface area contributed by atoms with Crippen molar-refractivity contribution in [2.75, 3.05) is 63.9 Å². The number of carboxylic acid groups (broad SMARTS) is 1. The van der Waals surface area contributed by atoms with Crippen LogP contribution in [0, 0.1) is 0 Å². The first kappa shape index (κ1) is 46.5. The molecule has 0 aliphatic carbocycles. The number of carbonyl (C=O) groups is 2. The molecule has 4 heterocycles. The fraction of sp³-hybridized carbons (Fsp3) is 0.156. The molecule has 0 aliphatic heterocycles. The van der Waals surface area contributed by atoms with Crippen LogP contribution in [0.15, 0.2) is 97.6 Å². The summed E-state index contributed by atoms with van der Waals surface area (Å²) < 4.78 is 32.2. The highest BCUT2D eigenvalue weighted by Crippen LogP contribution is 2.41. The van der Waals surface area contributed by atoms with Crippen molar-refractivity contribution in [3.63, 3.8) is 0 Å². The predicted molar refractivity (Wildman–Crippen MR) is 250 cm³/mol. The summed E-state index contributed by atoms with van der Waals surface area (Å²) in [5, 5.41) is 35.6. The zero-order valence-electron chi connectivity index (χ0n) is 37.5. The molecule has 348 valence electrons. The number of anilines is 8. The molecule has 4 aromatic heterocycles. The van der Waals surface area contributed by atoms with Gasteiger partial charge in [-0.1, -0.05) is 36.4 Å². The Hall–Kier alpha value is -9.54. The average Bonchev–Trinajstić information content (AvgIpc) is 4.04. The van der Waals surface area contributed by atoms with Gasteiger partial charge < -0.3 is 54.8 Å². The minimum Gasteiger partial charge on any atom is -0.493 e. The Kier molecular flexibility index (Phi) is 14.6. The van der Waals surface area contributed by atoms with E-state index in [9.17, 15) is 9.59 Å². The van der Waals surface area contributed by atoms with E-state index in [-0.39, 0.29) is 23.2 Å². The Balaban J connectivity index is 0.000000201. The highest BCUT2D eigenvalue weighted by atomic mass is 16.5. The van der Waals surface area contributed by atoms with E-state index < -0.39 is 5.97 Å². The fourth-order valence-corrected chi connectivity index (χ4v) is 6.37. The van der Waals surface area contributed by atoms with Crippen LogP contribution >= 0.6 is 0 Å². The molecule has 0 spiro atoms. The van der Waals surface area contributed by atoms with Gasteiger partial charge in [-0.25, -0.2) is 24.7 Å². The van der Waals surface area contributed by atoms with E-state index in [0.717, 1.165) is 16.8 Å². The third kappa shape index (κ3) is 11.2. The van der Waals surface area contributed by atoms with Crippen LogP contribution in [0.2, 0.25) is 0 Å². The van der Waals surface area contributed by atoms with Gasteiger partial charge in [-0.2, -0.15) is 20.2 Å². The van der Waals surface area contributed by atoms with Gasteiger partial charge in [0.1, 0.15) is 12.7 Å². The summed E-state index contributed by atoms with van der Waals surface area (Å²) in [6.45, 7) is 1.53. The van der Waals surface area contributed by atoms with Crippen LogP contribution in [0.25, 0.3) is 22.5 Å². The van der Waals surface area contributed by atoms with Crippen molar-refractivity contribution >= 4 is 58.6 Å². The van der Waals surface area contributed by atoms with Crippen LogP contribution in [0.5, 0.6) is 34.5 Å². The Morgan fingerprint density at radius 1 is 0.485 bits per heavy atom. The lowest BCUT2D eigenvalue weighted by atomic mass is 10.1. The molecule has 0 saturated heterocycles. The second-order valence-corrected chi connectivity index (χ2v) is 13.9. The van der Waals surface area contributed by atoms with E-state index in [4.69, 9.17) is 33.5 Å². The molecule has 0 bridgehead atoms. The summed E-state index contributed by atoms with van der Waals surface area (Å²) in [5.74, 6) is 4.11. The molecule has 23 heteroatoms. The van der Waals surface area contributed by atoms with Crippen LogP contribution in [-0.2, 0) is 0 Å². The number of benzene rings is 4. The Labute approximate surface area is 387 Å². The van der Waals surface area contributed by atoms with Crippen molar-refractivity contribution in [3.05, 3.63) is 109 Å². The van der Waals surface area contributed by atoms with Crippen molar-refractivity contribution in [2.24, 2.45) is 0 Å². The average molecular weight is 925 g/mol. The number of Topliss-reactive ketones (excluding diaryl/α,β-unsaturated/α-hetero) is 1. The molecule has 8 aromatic rings. The number of H-pyrrole nitrogens is 2. The highest BCUT2D eigenvalue weighted by molar-refractivity contribution is 5.94. The standard InChI is InChI=1S/C23H23N7O4.C22H21N7O5/c1-13(31)14-5-7-15(8-6-14)17-11-20(30-29-17)27-23-25-12-24-22(28-23)26-16-9-18(32-2)21(34-4)19(10-16)33-3;1-32-16-8-14(9-17(33-2)19(16)34-3)25-21-23-11-24-22(27-21)26-18-10-15(28-29-18)12-4-6-13(7-5-12)20(30)31/h5-12H,1-4H3,(H3,24,25,26,27,28,29,30);4-11H,1-3H3,(H,30,31)(H3,23,24,25,26,27,28,29). The Morgan fingerprint density at radius 2 is 0.838 bits per heavy atom. The second-order valence-electron chi connectivity index (χ2n) is 13.9. The van der Waals surface area contributed by atoms with Crippen molar-refractivity contribution in [1.29, 1.82) is 0 Å². The molecule has 0 aliphatic rings. The van der Waals surface area contributed by atoms with E-state index >= 15 is 0 Å². The van der Waals surface area contributed by atoms with E-state index in [2.05, 4.69) is 71.6 Å². The van der Waals surface area contributed by atoms with Crippen LogP contribution in [0.4, 0.5) is 46.8 Å². The van der Waals surface area contributed by atoms with Crippen molar-refractivity contribution in [2.45, 2.75) is 6.92 Å². The molecule has 68 heavy (non-hydrogen) atoms. The quantitative estimate of drug-likeness (QED) is 0.0411. The number of aromatic nitrogens is 10. The summed E-state index contributed by atoms with van der Waals surface area (Å²) >= 11 is 0. The molecule has 7 N–H and O–H groups in total. The second kappa shape index (κ2) is 21.4. The van der Waals surface area contributed by atoms with Crippen LogP contribution in [0.3, 0.4) is 0 Å². The Morgan fingerprint density at radius 3 is 1.16 bits per heavy atom. The molecule has 0 radical (unpaired) electrons. The van der Waals surface area contributed by atoms with E-state index in [1.54, 1.807) is 75.9 Å². The number of hydrogen-bond acceptors (Lipinski definition) is 20. The van der Waals surface area contributed by atoms with Gasteiger partial charge in [0.2, 0.25) is 35.3 Å². The molecule has 4 aromatic carbocycles. The number of aromatic carboxylic acids is 1. The van der Waals surface area contributed by atoms with Crippen LogP contribution in [-0.4, -0.2) is 110 Å². The lowest BCUT2D eigenvalue weighted by Gasteiger charge is -2.14. The monoisotopic (exact) mass is 924 g/mol. The van der Waals surface area contributed by atoms with Crippen molar-refractivity contribution in [3.8, 4) is 57.0 Å². The molecular weight excluding hydrogens is 881 g/mol. The Bertz CT molecular complexity index is 2770. The fourth-order valence-electron chi connectivity index (χ4n) is 6.37. The summed E-state index contributed by atoms with van der Waals surface area (Å²) in [6, 6.07) is 24.2. The molecule has 23 nitrogen and oxygen atoms in total. The number of aromatic amines is 2. The van der Waals surface area contributed by atoms with E-state index in [0.29, 0.717) is 80.7 Å². The largest absolute Gasteiger partial charge is 0.493 e. The maximum atomic E-state index is 11.5. The molecule has 0 fully saturated rings. The lowest BCUT2D eigenvalue weighted by molar-refractivity contribution is 0.0696. The van der Waals surface area contributed by atoms with Crippen molar-refractivity contribution in [1.82, 2.24) is 50.3 Å². The number of carboxylic acids is 1. The van der Waals surface area contributed by atoms with Gasteiger partial charge >= 0.3 is 5.97 Å². The van der Waals surface area contributed by atoms with Gasteiger partial charge in [0, 0.05) is 53.3 Å². The zero-order chi connectivity index (χ0) is 48.2. The maximum Gasteiger partial charge on any atom is 0.335 e. The topological polar surface area (TPSA) is 293 Å². The minimum atomic E-state index is -0.982. The van der Waals surface area contributed by atoms with Gasteiger partial charge in [0.05, 0.1) is 59.6 Å². The van der Waals surface area contributed by atoms with E-state index in [1.165, 1.54) is 53.0 Å². The first-order valence-corrected chi connectivity index (χ1v) is 20.1. The number of nitrogens with zero attached hydrogens (tertiary/aromatic N) is 8. The summed E-state index contributed by atoms with van der Waals surface area (Å²) in [6.07, 6.45) is 2.73. The summed E-state index contributed by atoms with van der Waals surface area (Å²) in [7, 11) is 9.22. The molecule has 0 atom stereocenters. The molecule has 8 rings (SSSR count). The van der Waals surface area contributed by atoms with E-state index in [1.807, 2.05) is 18.2 Å². The lowest BCUT2D eigenvalue weighted by Crippen LogP contribution is -2.04. The third-order valence-electron chi connectivity index (χ3n) is 9.67. The third-order valence-corrected chi connectivity index (χ3v) is 9.67. The van der Waals surface area contributed by atoms with Crippen LogP contribution in [0.1, 0.15) is 27.6 Å². The zero-order valence-corrected chi connectivity index (χ0v) is 37.5. The minimum absolute atomic E-state index is 0.0179. The SMILES string of the molecule is COc1cc(Nc2ncnc(Nc3cc(-c4ccc(C(=O)O)cc4)[nH]n3)n2)cc(OC)c1OC.COc1cc(Nc2ncnc(Nc3cc(-c4ccc(C(C)=O)cc4)[nH]n3)n2)cc(OC)c1OC. The highest BCUT2D eigenvalue weighted by Gasteiger charge is 2.17. The summed E-state index contributed by atoms with van der Waals surface area (Å²) in [4.78, 5) is 47.8. The van der Waals surface area contributed by atoms with Crippen LogP contribution < -0.4 is 49.7 Å². The van der Waals surface area contributed by atoms with Gasteiger partial charge in [-0.3, -0.25) is 15.0 Å². The first-order chi connectivity index (χ1) is 33.0. The number of nitrogens with one attached hydrogen (secondary N) is 6. The number of carbonyl (C=O) groups excluding carboxylic acids is 1. The smallest absolute Gasteiger partial charge is 0.335 e.